The van der Waals surface area contributed by atoms with Crippen LogP contribution in [-0.4, -0.2) is 16.9 Å². The molecular weight excluding hydrogens is 260 g/mol. The standard InChI is InChI=1S/C14H16N2O2S/c1-3-18-12-6-4-11(5-7-12)9-13(17)15-14-8-10(2)16-19-14/h4-8H,3,9H2,1-2H3,(H,15,17). The second-order valence-electron chi connectivity index (χ2n) is 4.13. The van der Waals surface area contributed by atoms with E-state index in [1.165, 1.54) is 11.5 Å². The van der Waals surface area contributed by atoms with Crippen LogP contribution in [0.3, 0.4) is 0 Å². The summed E-state index contributed by atoms with van der Waals surface area (Å²) in [7, 11) is 0. The van der Waals surface area contributed by atoms with E-state index in [1.807, 2.05) is 44.2 Å². The van der Waals surface area contributed by atoms with Crippen LogP contribution in [0, 0.1) is 6.92 Å². The third-order valence-electron chi connectivity index (χ3n) is 2.49. The Labute approximate surface area is 116 Å². The fourth-order valence-corrected chi connectivity index (χ4v) is 2.34. The van der Waals surface area contributed by atoms with E-state index in [0.29, 0.717) is 13.0 Å². The van der Waals surface area contributed by atoms with E-state index >= 15 is 0 Å². The summed E-state index contributed by atoms with van der Waals surface area (Å²) in [6.45, 7) is 4.49. The zero-order valence-electron chi connectivity index (χ0n) is 11.0. The molecule has 5 heteroatoms. The van der Waals surface area contributed by atoms with Gasteiger partial charge in [0.05, 0.1) is 18.7 Å². The van der Waals surface area contributed by atoms with Gasteiger partial charge in [0.25, 0.3) is 0 Å². The molecule has 1 amide bonds. The zero-order valence-corrected chi connectivity index (χ0v) is 11.8. The molecule has 1 N–H and O–H groups in total. The summed E-state index contributed by atoms with van der Waals surface area (Å²) in [5.41, 5.74) is 1.88. The van der Waals surface area contributed by atoms with Crippen LogP contribution < -0.4 is 10.1 Å². The quantitative estimate of drug-likeness (QED) is 0.913. The van der Waals surface area contributed by atoms with E-state index in [9.17, 15) is 4.79 Å². The van der Waals surface area contributed by atoms with Crippen molar-refractivity contribution in [1.82, 2.24) is 4.37 Å². The molecule has 4 nitrogen and oxygen atoms in total. The van der Waals surface area contributed by atoms with Crippen LogP contribution in [0.2, 0.25) is 0 Å². The molecule has 0 saturated heterocycles. The molecule has 19 heavy (non-hydrogen) atoms. The number of nitrogens with zero attached hydrogens (tertiary/aromatic N) is 1. The highest BCUT2D eigenvalue weighted by Crippen LogP contribution is 2.16. The van der Waals surface area contributed by atoms with Gasteiger partial charge >= 0.3 is 0 Å². The average Bonchev–Trinajstić information content (AvgIpc) is 2.77. The van der Waals surface area contributed by atoms with Gasteiger partial charge in [-0.25, -0.2) is 0 Å². The van der Waals surface area contributed by atoms with Crippen LogP contribution >= 0.6 is 11.5 Å². The second-order valence-corrected chi connectivity index (χ2v) is 4.94. The number of nitrogens with one attached hydrogen (secondary N) is 1. The number of carbonyl (C=O) groups is 1. The van der Waals surface area contributed by atoms with Gasteiger partial charge in [-0.15, -0.1) is 0 Å². The summed E-state index contributed by atoms with van der Waals surface area (Å²) < 4.78 is 9.48. The van der Waals surface area contributed by atoms with Crippen molar-refractivity contribution in [1.29, 1.82) is 0 Å². The minimum Gasteiger partial charge on any atom is -0.494 e. The van der Waals surface area contributed by atoms with Crippen molar-refractivity contribution in [2.24, 2.45) is 0 Å². The first kappa shape index (κ1) is 13.5. The molecule has 0 aliphatic heterocycles. The SMILES string of the molecule is CCOc1ccc(CC(=O)Nc2cc(C)ns2)cc1. The Balaban J connectivity index is 1.91. The maximum absolute atomic E-state index is 11.8. The fraction of sp³-hybridized carbons (Fsp3) is 0.286. The maximum Gasteiger partial charge on any atom is 0.229 e. The van der Waals surface area contributed by atoms with Gasteiger partial charge in [0, 0.05) is 0 Å². The van der Waals surface area contributed by atoms with Crippen molar-refractivity contribution in [2.45, 2.75) is 20.3 Å². The molecule has 2 rings (SSSR count). The number of aromatic nitrogens is 1. The smallest absolute Gasteiger partial charge is 0.229 e. The molecule has 1 aromatic heterocycles. The first-order chi connectivity index (χ1) is 9.17. The van der Waals surface area contributed by atoms with Crippen molar-refractivity contribution < 1.29 is 9.53 Å². The number of ether oxygens (including phenoxy) is 1. The molecular formula is C14H16N2O2S. The van der Waals surface area contributed by atoms with E-state index < -0.39 is 0 Å². The molecule has 1 aromatic carbocycles. The Bertz CT molecular complexity index is 549. The van der Waals surface area contributed by atoms with Crippen molar-refractivity contribution in [3.8, 4) is 5.75 Å². The summed E-state index contributed by atoms with van der Waals surface area (Å²) in [5, 5.41) is 3.62. The van der Waals surface area contributed by atoms with Crippen molar-refractivity contribution in [2.75, 3.05) is 11.9 Å². The van der Waals surface area contributed by atoms with E-state index in [0.717, 1.165) is 22.0 Å². The fourth-order valence-electron chi connectivity index (χ4n) is 1.66. The number of hydrogen-bond donors (Lipinski definition) is 1. The normalized spacial score (nSPS) is 10.2. The van der Waals surface area contributed by atoms with Gasteiger partial charge in [0.1, 0.15) is 10.8 Å². The van der Waals surface area contributed by atoms with Crippen LogP contribution in [-0.2, 0) is 11.2 Å². The maximum atomic E-state index is 11.8. The number of aryl methyl sites for hydroxylation is 1. The third-order valence-corrected chi connectivity index (χ3v) is 3.29. The molecule has 0 aliphatic carbocycles. The predicted molar refractivity (Wildman–Crippen MR) is 76.8 cm³/mol. The van der Waals surface area contributed by atoms with Gasteiger partial charge in [0.2, 0.25) is 5.91 Å². The molecule has 0 saturated carbocycles. The lowest BCUT2D eigenvalue weighted by atomic mass is 10.1. The molecule has 0 unspecified atom stereocenters. The summed E-state index contributed by atoms with van der Waals surface area (Å²) in [6, 6.07) is 9.43. The first-order valence-corrected chi connectivity index (χ1v) is 6.89. The van der Waals surface area contributed by atoms with Crippen molar-refractivity contribution >= 4 is 22.4 Å². The number of carbonyl (C=O) groups excluding carboxylic acids is 1. The molecule has 2 aromatic rings. The van der Waals surface area contributed by atoms with Crippen LogP contribution in [0.15, 0.2) is 30.3 Å². The summed E-state index contributed by atoms with van der Waals surface area (Å²) >= 11 is 1.30. The molecule has 0 atom stereocenters. The Morgan fingerprint density at radius 2 is 2.11 bits per heavy atom. The topological polar surface area (TPSA) is 51.2 Å². The number of amides is 1. The minimum atomic E-state index is -0.0344. The van der Waals surface area contributed by atoms with E-state index in [2.05, 4.69) is 9.69 Å². The average molecular weight is 276 g/mol. The van der Waals surface area contributed by atoms with Crippen molar-refractivity contribution in [3.05, 3.63) is 41.6 Å². The van der Waals surface area contributed by atoms with Crippen LogP contribution in [0.25, 0.3) is 0 Å². The molecule has 100 valence electrons. The Morgan fingerprint density at radius 3 is 2.68 bits per heavy atom. The Kier molecular flexibility index (Phi) is 4.52. The van der Waals surface area contributed by atoms with Gasteiger partial charge < -0.3 is 10.1 Å². The summed E-state index contributed by atoms with van der Waals surface area (Å²) in [4.78, 5) is 11.8. The molecule has 0 radical (unpaired) electrons. The number of anilines is 1. The number of rotatable bonds is 5. The van der Waals surface area contributed by atoms with Crippen LogP contribution in [0.4, 0.5) is 5.00 Å². The lowest BCUT2D eigenvalue weighted by Gasteiger charge is -2.05. The van der Waals surface area contributed by atoms with Gasteiger partial charge in [-0.05, 0) is 49.1 Å². The van der Waals surface area contributed by atoms with Gasteiger partial charge in [-0.2, -0.15) is 4.37 Å². The molecule has 1 heterocycles. The number of benzene rings is 1. The van der Waals surface area contributed by atoms with E-state index in [-0.39, 0.29) is 5.91 Å². The Hall–Kier alpha value is -1.88. The highest BCUT2D eigenvalue weighted by atomic mass is 32.1. The largest absolute Gasteiger partial charge is 0.494 e. The lowest BCUT2D eigenvalue weighted by Crippen LogP contribution is -2.13. The number of hydrogen-bond acceptors (Lipinski definition) is 4. The minimum absolute atomic E-state index is 0.0344. The molecule has 0 bridgehead atoms. The van der Waals surface area contributed by atoms with Gasteiger partial charge in [-0.3, -0.25) is 4.79 Å². The van der Waals surface area contributed by atoms with Gasteiger partial charge in [0.15, 0.2) is 0 Å². The highest BCUT2D eigenvalue weighted by molar-refractivity contribution is 7.10. The third kappa shape index (κ3) is 4.06. The second kappa shape index (κ2) is 6.33. The van der Waals surface area contributed by atoms with Crippen molar-refractivity contribution in [3.63, 3.8) is 0 Å². The summed E-state index contributed by atoms with van der Waals surface area (Å²) in [5.74, 6) is 0.789. The molecule has 0 fully saturated rings. The molecule has 0 spiro atoms. The monoisotopic (exact) mass is 276 g/mol. The van der Waals surface area contributed by atoms with E-state index in [4.69, 9.17) is 4.74 Å². The summed E-state index contributed by atoms with van der Waals surface area (Å²) in [6.07, 6.45) is 0.351. The molecule has 0 aliphatic rings. The highest BCUT2D eigenvalue weighted by Gasteiger charge is 2.06. The predicted octanol–water partition coefficient (Wildman–Crippen LogP) is 3.03. The first-order valence-electron chi connectivity index (χ1n) is 6.12. The van der Waals surface area contributed by atoms with Crippen LogP contribution in [0.5, 0.6) is 5.75 Å². The van der Waals surface area contributed by atoms with Crippen LogP contribution in [0.1, 0.15) is 18.2 Å². The zero-order chi connectivity index (χ0) is 13.7. The van der Waals surface area contributed by atoms with E-state index in [1.54, 1.807) is 0 Å². The van der Waals surface area contributed by atoms with Gasteiger partial charge in [-0.1, -0.05) is 12.1 Å². The Morgan fingerprint density at radius 1 is 1.37 bits per heavy atom. The lowest BCUT2D eigenvalue weighted by molar-refractivity contribution is -0.115.